The summed E-state index contributed by atoms with van der Waals surface area (Å²) in [7, 11) is 2.83. The average Bonchev–Trinajstić information content (AvgIpc) is 3.34. The summed E-state index contributed by atoms with van der Waals surface area (Å²) in [5.74, 6) is -3.13. The second-order valence-corrected chi connectivity index (χ2v) is 9.91. The van der Waals surface area contributed by atoms with E-state index in [0.717, 1.165) is 5.56 Å². The summed E-state index contributed by atoms with van der Waals surface area (Å²) in [5, 5.41) is 5.70. The number of fused-ring (bicyclic) bond motifs is 2. The first-order valence-electron chi connectivity index (χ1n) is 12.4. The molecular weight excluding hydrogens is 493 g/mol. The molecule has 2 amide bonds. The van der Waals surface area contributed by atoms with Crippen LogP contribution in [0.5, 0.6) is 0 Å². The zero-order valence-corrected chi connectivity index (χ0v) is 21.7. The molecule has 2 fully saturated rings. The SMILES string of the molecule is COC(=O)[C@@H]1O[B-]2(C(CC(C)C)NC(=O)[C@H](Cc3ccccc3)NC(=O)c3cnccn3)OC(=O)[C@H]1N2C. The molecule has 2 bridgehead atoms. The minimum absolute atomic E-state index is 0.0604. The number of likely N-dealkylation sites (N-methyl/N-ethyl adjacent to an activating group) is 1. The Morgan fingerprint density at radius 1 is 1.16 bits per heavy atom. The minimum Gasteiger partial charge on any atom is -0.651 e. The predicted octanol–water partition coefficient (Wildman–Crippen LogP) is 0.256. The summed E-state index contributed by atoms with van der Waals surface area (Å²) >= 11 is 0. The lowest BCUT2D eigenvalue weighted by Crippen LogP contribution is -2.66. The van der Waals surface area contributed by atoms with Crippen LogP contribution in [0.1, 0.15) is 36.3 Å². The normalized spacial score (nSPS) is 24.0. The minimum atomic E-state index is -2.57. The standard InChI is InChI=1S/C25H31BN5O7/c1-15(2)12-19(26-31(3)20(24(34)38-26)21(37-26)25(35)36-4)30-22(32)17(13-16-8-6-5-7-9-16)29-23(33)18-14-27-10-11-28-18/h5-11,14-15,17,19-21H,12-13H2,1-4H3,(H,29,33)(H,30,32)/q-1/t17-,19?,20-,21+,26?/m0/s1. The third-order valence-electron chi connectivity index (χ3n) is 6.86. The summed E-state index contributed by atoms with van der Waals surface area (Å²) in [6.07, 6.45) is 3.53. The number of amides is 2. The van der Waals surface area contributed by atoms with Crippen molar-refractivity contribution in [2.24, 2.45) is 5.92 Å². The van der Waals surface area contributed by atoms with Crippen LogP contribution in [0.4, 0.5) is 0 Å². The molecule has 0 radical (unpaired) electrons. The van der Waals surface area contributed by atoms with Gasteiger partial charge in [-0.3, -0.25) is 19.4 Å². The van der Waals surface area contributed by atoms with Gasteiger partial charge < -0.3 is 29.5 Å². The molecule has 0 spiro atoms. The molecule has 38 heavy (non-hydrogen) atoms. The van der Waals surface area contributed by atoms with Gasteiger partial charge in [0, 0.05) is 18.8 Å². The molecule has 2 unspecified atom stereocenters. The average molecular weight is 524 g/mol. The first-order chi connectivity index (χ1) is 18.2. The topological polar surface area (TPSA) is 149 Å². The van der Waals surface area contributed by atoms with Gasteiger partial charge in [0.05, 0.1) is 13.3 Å². The van der Waals surface area contributed by atoms with Gasteiger partial charge in [-0.15, -0.1) is 0 Å². The zero-order chi connectivity index (χ0) is 27.4. The van der Waals surface area contributed by atoms with Crippen LogP contribution in [0.25, 0.3) is 0 Å². The molecule has 2 aliphatic heterocycles. The number of nitrogens with one attached hydrogen (secondary N) is 2. The van der Waals surface area contributed by atoms with E-state index in [1.807, 2.05) is 44.2 Å². The summed E-state index contributed by atoms with van der Waals surface area (Å²) in [6.45, 7) is 1.32. The van der Waals surface area contributed by atoms with Gasteiger partial charge in [0.1, 0.15) is 23.9 Å². The molecule has 1 aromatic carbocycles. The Kier molecular flexibility index (Phi) is 8.07. The Balaban J connectivity index is 1.61. The van der Waals surface area contributed by atoms with Crippen molar-refractivity contribution in [2.75, 3.05) is 14.2 Å². The number of aromatic nitrogens is 2. The quantitative estimate of drug-likeness (QED) is 0.327. The lowest BCUT2D eigenvalue weighted by molar-refractivity contribution is -0.159. The molecule has 13 heteroatoms. The highest BCUT2D eigenvalue weighted by Gasteiger charge is 2.64. The highest BCUT2D eigenvalue weighted by atomic mass is 16.7. The number of carbonyl (C=O) groups is 4. The van der Waals surface area contributed by atoms with Crippen molar-refractivity contribution in [1.82, 2.24) is 25.4 Å². The summed E-state index contributed by atoms with van der Waals surface area (Å²) < 4.78 is 16.6. The predicted molar refractivity (Wildman–Crippen MR) is 135 cm³/mol. The van der Waals surface area contributed by atoms with E-state index in [-0.39, 0.29) is 18.0 Å². The van der Waals surface area contributed by atoms with Crippen molar-refractivity contribution in [2.45, 2.75) is 50.8 Å². The molecule has 202 valence electrons. The van der Waals surface area contributed by atoms with Gasteiger partial charge in [0.2, 0.25) is 5.91 Å². The van der Waals surface area contributed by atoms with Crippen molar-refractivity contribution in [3.63, 3.8) is 0 Å². The van der Waals surface area contributed by atoms with Crippen LogP contribution in [0, 0.1) is 5.92 Å². The highest BCUT2D eigenvalue weighted by Crippen LogP contribution is 2.40. The maximum Gasteiger partial charge on any atom is 0.397 e. The largest absolute Gasteiger partial charge is 0.651 e. The van der Waals surface area contributed by atoms with E-state index in [2.05, 4.69) is 20.6 Å². The maximum absolute atomic E-state index is 13.7. The fourth-order valence-corrected chi connectivity index (χ4v) is 5.05. The van der Waals surface area contributed by atoms with Crippen molar-refractivity contribution in [3.8, 4) is 0 Å². The fraction of sp³-hybridized carbons (Fsp3) is 0.440. The summed E-state index contributed by atoms with van der Waals surface area (Å²) in [6, 6.07) is 7.25. The third-order valence-corrected chi connectivity index (χ3v) is 6.86. The molecule has 2 aliphatic rings. The van der Waals surface area contributed by atoms with Gasteiger partial charge in [0.15, 0.2) is 0 Å². The van der Waals surface area contributed by atoms with Gasteiger partial charge in [-0.2, -0.15) is 0 Å². The second kappa shape index (κ2) is 11.3. The van der Waals surface area contributed by atoms with Gasteiger partial charge >= 0.3 is 12.7 Å². The van der Waals surface area contributed by atoms with Crippen molar-refractivity contribution < 1.29 is 33.2 Å². The Labute approximate surface area is 220 Å². The molecule has 4 rings (SSSR count). The fourth-order valence-electron chi connectivity index (χ4n) is 5.05. The number of methoxy groups -OCH3 is 1. The second-order valence-electron chi connectivity index (χ2n) is 9.91. The number of ether oxygens (including phenoxy) is 1. The number of nitrogens with zero attached hydrogens (tertiary/aromatic N) is 3. The van der Waals surface area contributed by atoms with Crippen LogP contribution < -0.4 is 10.6 Å². The van der Waals surface area contributed by atoms with Crippen LogP contribution >= 0.6 is 0 Å². The molecule has 2 N–H and O–H groups in total. The maximum atomic E-state index is 13.7. The van der Waals surface area contributed by atoms with Crippen molar-refractivity contribution in [1.29, 1.82) is 0 Å². The highest BCUT2D eigenvalue weighted by molar-refractivity contribution is 6.71. The van der Waals surface area contributed by atoms with E-state index in [0.29, 0.717) is 6.42 Å². The molecule has 12 nitrogen and oxygen atoms in total. The molecular formula is C25H31BN5O7-. The van der Waals surface area contributed by atoms with Gasteiger partial charge in [-0.05, 0) is 24.5 Å². The molecule has 2 aromatic rings. The van der Waals surface area contributed by atoms with E-state index in [1.165, 1.54) is 25.7 Å². The van der Waals surface area contributed by atoms with Crippen LogP contribution in [-0.4, -0.2) is 83.5 Å². The van der Waals surface area contributed by atoms with Gasteiger partial charge in [-0.1, -0.05) is 50.6 Å². The Hall–Kier alpha value is -3.84. The molecule has 2 saturated heterocycles. The monoisotopic (exact) mass is 524 g/mol. The summed E-state index contributed by atoms with van der Waals surface area (Å²) in [4.78, 5) is 61.2. The number of hydrogen-bond acceptors (Lipinski definition) is 10. The van der Waals surface area contributed by atoms with Crippen LogP contribution in [0.2, 0.25) is 0 Å². The lowest BCUT2D eigenvalue weighted by Gasteiger charge is -2.45. The number of carbonyl (C=O) groups excluding carboxylic acids is 4. The third kappa shape index (κ3) is 5.39. The van der Waals surface area contributed by atoms with Crippen molar-refractivity contribution in [3.05, 3.63) is 60.2 Å². The molecule has 1 aromatic heterocycles. The van der Waals surface area contributed by atoms with E-state index in [9.17, 15) is 19.2 Å². The van der Waals surface area contributed by atoms with Crippen LogP contribution in [-0.2, 0) is 34.9 Å². The number of esters is 1. The zero-order valence-electron chi connectivity index (χ0n) is 21.7. The Morgan fingerprint density at radius 2 is 1.89 bits per heavy atom. The van der Waals surface area contributed by atoms with E-state index in [1.54, 1.807) is 11.9 Å². The number of rotatable bonds is 10. The van der Waals surface area contributed by atoms with E-state index in [4.69, 9.17) is 14.0 Å². The van der Waals surface area contributed by atoms with Crippen LogP contribution in [0.3, 0.4) is 0 Å². The number of hydrogen-bond donors (Lipinski definition) is 2. The first-order valence-corrected chi connectivity index (χ1v) is 12.4. The number of benzene rings is 1. The van der Waals surface area contributed by atoms with Gasteiger partial charge in [0.25, 0.3) is 11.9 Å². The van der Waals surface area contributed by atoms with Crippen LogP contribution in [0.15, 0.2) is 48.9 Å². The van der Waals surface area contributed by atoms with Gasteiger partial charge in [-0.25, -0.2) is 9.78 Å². The lowest BCUT2D eigenvalue weighted by atomic mass is 9.59. The summed E-state index contributed by atoms with van der Waals surface area (Å²) in [5.41, 5.74) is 0.885. The molecule has 0 aliphatic carbocycles. The molecule has 0 saturated carbocycles. The Bertz CT molecular complexity index is 1190. The van der Waals surface area contributed by atoms with Crippen molar-refractivity contribution >= 4 is 30.4 Å². The Morgan fingerprint density at radius 3 is 2.53 bits per heavy atom. The first kappa shape index (κ1) is 27.2. The smallest absolute Gasteiger partial charge is 0.397 e. The van der Waals surface area contributed by atoms with E-state index >= 15 is 0 Å². The molecule has 3 heterocycles. The van der Waals surface area contributed by atoms with E-state index < -0.39 is 54.6 Å². The molecule has 5 atom stereocenters.